The third kappa shape index (κ3) is 3.51. The zero-order valence-corrected chi connectivity index (χ0v) is 12.4. The Hall–Kier alpha value is -2.65. The molecule has 110 valence electrons. The van der Waals surface area contributed by atoms with Gasteiger partial charge in [0.1, 0.15) is 0 Å². The SMILES string of the molecule is Nc1ccc(CNCc2ccccc2-c2ccccn2)cc1. The van der Waals surface area contributed by atoms with Crippen LogP contribution in [0.1, 0.15) is 11.1 Å². The molecule has 1 heterocycles. The van der Waals surface area contributed by atoms with E-state index < -0.39 is 0 Å². The number of aromatic nitrogens is 1. The molecule has 0 unspecified atom stereocenters. The summed E-state index contributed by atoms with van der Waals surface area (Å²) in [5.74, 6) is 0. The van der Waals surface area contributed by atoms with E-state index in [1.807, 2.05) is 54.7 Å². The molecule has 0 fully saturated rings. The lowest BCUT2D eigenvalue weighted by molar-refractivity contribution is 0.694. The Kier molecular flexibility index (Phi) is 4.47. The minimum Gasteiger partial charge on any atom is -0.399 e. The standard InChI is InChI=1S/C19H19N3/c20-17-10-8-15(9-11-17)13-21-14-16-5-1-2-6-18(16)19-7-3-4-12-22-19/h1-12,21H,13-14,20H2. The molecule has 3 heteroatoms. The molecule has 22 heavy (non-hydrogen) atoms. The molecule has 3 aromatic rings. The summed E-state index contributed by atoms with van der Waals surface area (Å²) in [7, 11) is 0. The number of hydrogen-bond acceptors (Lipinski definition) is 3. The van der Waals surface area contributed by atoms with Gasteiger partial charge in [-0.1, -0.05) is 42.5 Å². The topological polar surface area (TPSA) is 50.9 Å². The quantitative estimate of drug-likeness (QED) is 0.705. The molecular weight excluding hydrogens is 270 g/mol. The first kappa shape index (κ1) is 14.3. The monoisotopic (exact) mass is 289 g/mol. The molecule has 2 aromatic carbocycles. The zero-order chi connectivity index (χ0) is 15.2. The lowest BCUT2D eigenvalue weighted by atomic mass is 10.0. The largest absolute Gasteiger partial charge is 0.399 e. The summed E-state index contributed by atoms with van der Waals surface area (Å²) in [5, 5.41) is 3.48. The molecule has 0 spiro atoms. The highest BCUT2D eigenvalue weighted by Crippen LogP contribution is 2.21. The van der Waals surface area contributed by atoms with Crippen LogP contribution in [0.2, 0.25) is 0 Å². The fourth-order valence-corrected chi connectivity index (χ4v) is 2.42. The average Bonchev–Trinajstić information content (AvgIpc) is 2.58. The molecule has 0 bridgehead atoms. The van der Waals surface area contributed by atoms with Gasteiger partial charge in [0.15, 0.2) is 0 Å². The van der Waals surface area contributed by atoms with Crippen LogP contribution in [0.3, 0.4) is 0 Å². The van der Waals surface area contributed by atoms with Crippen LogP contribution >= 0.6 is 0 Å². The number of hydrogen-bond donors (Lipinski definition) is 2. The van der Waals surface area contributed by atoms with E-state index >= 15 is 0 Å². The Balaban J connectivity index is 1.69. The first-order chi connectivity index (χ1) is 10.8. The highest BCUT2D eigenvalue weighted by Gasteiger charge is 2.04. The van der Waals surface area contributed by atoms with E-state index in [1.165, 1.54) is 16.7 Å². The van der Waals surface area contributed by atoms with Gasteiger partial charge in [-0.25, -0.2) is 0 Å². The number of nitrogens with two attached hydrogens (primary N) is 1. The van der Waals surface area contributed by atoms with Crippen molar-refractivity contribution in [2.24, 2.45) is 0 Å². The Bertz CT molecular complexity index is 721. The van der Waals surface area contributed by atoms with Gasteiger partial charge in [0, 0.05) is 30.5 Å². The summed E-state index contributed by atoms with van der Waals surface area (Å²) in [6.45, 7) is 1.62. The van der Waals surface area contributed by atoms with Crippen molar-refractivity contribution in [3.63, 3.8) is 0 Å². The van der Waals surface area contributed by atoms with E-state index in [9.17, 15) is 0 Å². The van der Waals surface area contributed by atoms with Crippen LogP contribution in [-0.2, 0) is 13.1 Å². The fourth-order valence-electron chi connectivity index (χ4n) is 2.42. The second-order valence-corrected chi connectivity index (χ2v) is 5.22. The molecule has 1 aromatic heterocycles. The summed E-state index contributed by atoms with van der Waals surface area (Å²) < 4.78 is 0. The molecule has 0 aliphatic carbocycles. The lowest BCUT2D eigenvalue weighted by Gasteiger charge is -2.10. The highest BCUT2D eigenvalue weighted by atomic mass is 14.8. The summed E-state index contributed by atoms with van der Waals surface area (Å²) in [6.07, 6.45) is 1.83. The van der Waals surface area contributed by atoms with E-state index in [0.29, 0.717) is 0 Å². The number of nitrogens with one attached hydrogen (secondary N) is 1. The predicted molar refractivity (Wildman–Crippen MR) is 91.1 cm³/mol. The first-order valence-corrected chi connectivity index (χ1v) is 7.37. The van der Waals surface area contributed by atoms with Gasteiger partial charge in [0.25, 0.3) is 0 Å². The maximum Gasteiger partial charge on any atom is 0.0705 e. The van der Waals surface area contributed by atoms with Crippen LogP contribution < -0.4 is 11.1 Å². The van der Waals surface area contributed by atoms with Gasteiger partial charge in [0.05, 0.1) is 5.69 Å². The third-order valence-corrected chi connectivity index (χ3v) is 3.58. The summed E-state index contributed by atoms with van der Waals surface area (Å²) >= 11 is 0. The molecule has 0 radical (unpaired) electrons. The molecule has 0 saturated carbocycles. The van der Waals surface area contributed by atoms with E-state index in [1.54, 1.807) is 0 Å². The van der Waals surface area contributed by atoms with E-state index in [4.69, 9.17) is 5.73 Å². The van der Waals surface area contributed by atoms with Crippen molar-refractivity contribution in [3.8, 4) is 11.3 Å². The van der Waals surface area contributed by atoms with Crippen molar-refractivity contribution in [2.75, 3.05) is 5.73 Å². The molecule has 3 rings (SSSR count). The first-order valence-electron chi connectivity index (χ1n) is 7.37. The molecular formula is C19H19N3. The zero-order valence-electron chi connectivity index (χ0n) is 12.4. The van der Waals surface area contributed by atoms with Crippen LogP contribution in [0.25, 0.3) is 11.3 Å². The number of nitrogens with zero attached hydrogens (tertiary/aromatic N) is 1. The van der Waals surface area contributed by atoms with Crippen LogP contribution in [-0.4, -0.2) is 4.98 Å². The molecule has 0 saturated heterocycles. The van der Waals surface area contributed by atoms with Crippen molar-refractivity contribution in [1.82, 2.24) is 10.3 Å². The second-order valence-electron chi connectivity index (χ2n) is 5.22. The maximum atomic E-state index is 5.70. The van der Waals surface area contributed by atoms with Crippen molar-refractivity contribution >= 4 is 5.69 Å². The lowest BCUT2D eigenvalue weighted by Crippen LogP contribution is -2.13. The minimum absolute atomic E-state index is 0.796. The van der Waals surface area contributed by atoms with Crippen LogP contribution in [0, 0.1) is 0 Å². The van der Waals surface area contributed by atoms with E-state index in [-0.39, 0.29) is 0 Å². The Morgan fingerprint density at radius 1 is 0.818 bits per heavy atom. The van der Waals surface area contributed by atoms with Crippen molar-refractivity contribution in [3.05, 3.63) is 84.1 Å². The number of benzene rings is 2. The summed E-state index contributed by atoms with van der Waals surface area (Å²) in [4.78, 5) is 4.44. The Labute approximate surface area is 130 Å². The molecule has 3 N–H and O–H groups in total. The van der Waals surface area contributed by atoms with Crippen molar-refractivity contribution < 1.29 is 0 Å². The van der Waals surface area contributed by atoms with Gasteiger partial charge < -0.3 is 11.1 Å². The maximum absolute atomic E-state index is 5.70. The Morgan fingerprint density at radius 3 is 2.36 bits per heavy atom. The fraction of sp³-hybridized carbons (Fsp3) is 0.105. The van der Waals surface area contributed by atoms with Gasteiger partial charge in [-0.15, -0.1) is 0 Å². The van der Waals surface area contributed by atoms with Crippen LogP contribution in [0.15, 0.2) is 72.9 Å². The number of anilines is 1. The predicted octanol–water partition coefficient (Wildman–Crippen LogP) is 3.62. The van der Waals surface area contributed by atoms with Gasteiger partial charge >= 0.3 is 0 Å². The normalized spacial score (nSPS) is 10.5. The molecule has 0 amide bonds. The van der Waals surface area contributed by atoms with Gasteiger partial charge in [-0.05, 0) is 35.4 Å². The van der Waals surface area contributed by atoms with E-state index in [0.717, 1.165) is 24.5 Å². The third-order valence-electron chi connectivity index (χ3n) is 3.58. The number of pyridine rings is 1. The molecule has 0 atom stereocenters. The summed E-state index contributed by atoms with van der Waals surface area (Å²) in [5.41, 5.74) is 11.2. The van der Waals surface area contributed by atoms with Gasteiger partial charge in [0.2, 0.25) is 0 Å². The van der Waals surface area contributed by atoms with E-state index in [2.05, 4.69) is 28.5 Å². The second kappa shape index (κ2) is 6.87. The number of nitrogen functional groups attached to an aromatic ring is 1. The molecule has 0 aliphatic heterocycles. The highest BCUT2D eigenvalue weighted by molar-refractivity contribution is 5.63. The molecule has 3 nitrogen and oxygen atoms in total. The van der Waals surface area contributed by atoms with Crippen molar-refractivity contribution in [1.29, 1.82) is 0 Å². The number of rotatable bonds is 5. The smallest absolute Gasteiger partial charge is 0.0705 e. The van der Waals surface area contributed by atoms with Crippen LogP contribution in [0.5, 0.6) is 0 Å². The van der Waals surface area contributed by atoms with Gasteiger partial charge in [-0.2, -0.15) is 0 Å². The summed E-state index contributed by atoms with van der Waals surface area (Å²) in [6, 6.07) is 22.3. The average molecular weight is 289 g/mol. The minimum atomic E-state index is 0.796. The Morgan fingerprint density at radius 2 is 1.59 bits per heavy atom. The van der Waals surface area contributed by atoms with Gasteiger partial charge in [-0.3, -0.25) is 4.98 Å². The molecule has 0 aliphatic rings. The van der Waals surface area contributed by atoms with Crippen molar-refractivity contribution in [2.45, 2.75) is 13.1 Å². The van der Waals surface area contributed by atoms with Crippen LogP contribution in [0.4, 0.5) is 5.69 Å².